The van der Waals surface area contributed by atoms with Gasteiger partial charge in [0.15, 0.2) is 5.76 Å². The number of H-pyrrole nitrogens is 1. The van der Waals surface area contributed by atoms with Crippen LogP contribution in [0.25, 0.3) is 0 Å². The number of aromatic nitrogens is 2. The van der Waals surface area contributed by atoms with E-state index in [1.165, 1.54) is 12.8 Å². The number of carbonyl (C=O) groups excluding carboxylic acids is 1. The van der Waals surface area contributed by atoms with E-state index in [0.717, 1.165) is 36.5 Å². The van der Waals surface area contributed by atoms with Gasteiger partial charge in [0.2, 0.25) is 0 Å². The maximum atomic E-state index is 12.5. The summed E-state index contributed by atoms with van der Waals surface area (Å²) in [6.07, 6.45) is 5.98. The van der Waals surface area contributed by atoms with Crippen LogP contribution in [0, 0.1) is 0 Å². The monoisotopic (exact) mass is 257 g/mol. The number of hydrogen-bond donors (Lipinski definition) is 1. The van der Waals surface area contributed by atoms with Crippen molar-refractivity contribution in [2.75, 3.05) is 11.4 Å². The summed E-state index contributed by atoms with van der Waals surface area (Å²) in [5.74, 6) is 1.87. The topological polar surface area (TPSA) is 62.1 Å². The number of furan rings is 1. The van der Waals surface area contributed by atoms with E-state index >= 15 is 0 Å². The molecule has 0 atom stereocenters. The molecule has 0 unspecified atom stereocenters. The molecule has 0 saturated heterocycles. The second-order valence-electron chi connectivity index (χ2n) is 5.27. The number of carbonyl (C=O) groups is 1. The quantitative estimate of drug-likeness (QED) is 0.899. The van der Waals surface area contributed by atoms with E-state index < -0.39 is 0 Å². The fraction of sp³-hybridized carbons (Fsp3) is 0.429. The van der Waals surface area contributed by atoms with Gasteiger partial charge < -0.3 is 9.32 Å². The van der Waals surface area contributed by atoms with Gasteiger partial charge in [0.25, 0.3) is 5.91 Å². The van der Waals surface area contributed by atoms with Gasteiger partial charge in [-0.2, -0.15) is 5.10 Å². The first-order valence-corrected chi connectivity index (χ1v) is 6.77. The Balaban J connectivity index is 1.63. The molecule has 0 spiro atoms. The van der Waals surface area contributed by atoms with Crippen LogP contribution in [-0.4, -0.2) is 22.6 Å². The molecule has 2 aliphatic rings. The lowest BCUT2D eigenvalue weighted by Crippen LogP contribution is -2.34. The summed E-state index contributed by atoms with van der Waals surface area (Å²) in [7, 11) is 0. The number of anilines is 1. The molecule has 98 valence electrons. The highest BCUT2D eigenvalue weighted by molar-refractivity contribution is 6.04. The number of fused-ring (bicyclic) bond motifs is 1. The molecule has 1 N–H and O–H groups in total. The van der Waals surface area contributed by atoms with Crippen molar-refractivity contribution >= 4 is 11.6 Å². The fourth-order valence-electron chi connectivity index (χ4n) is 2.66. The summed E-state index contributed by atoms with van der Waals surface area (Å²) in [4.78, 5) is 14.3. The van der Waals surface area contributed by atoms with Gasteiger partial charge >= 0.3 is 0 Å². The van der Waals surface area contributed by atoms with Crippen molar-refractivity contribution in [1.29, 1.82) is 0 Å². The Morgan fingerprint density at radius 1 is 1.42 bits per heavy atom. The Labute approximate surface area is 110 Å². The minimum absolute atomic E-state index is 0.0609. The number of aryl methyl sites for hydroxylation is 1. The van der Waals surface area contributed by atoms with Crippen LogP contribution in [0.15, 0.2) is 22.7 Å². The summed E-state index contributed by atoms with van der Waals surface area (Å²) in [5.41, 5.74) is 1.93. The van der Waals surface area contributed by atoms with Gasteiger partial charge in [-0.15, -0.1) is 0 Å². The summed E-state index contributed by atoms with van der Waals surface area (Å²) < 4.78 is 5.69. The summed E-state index contributed by atoms with van der Waals surface area (Å²) in [6.45, 7) is 0.727. The average molecular weight is 257 g/mol. The van der Waals surface area contributed by atoms with Crippen LogP contribution in [0.3, 0.4) is 0 Å². The molecule has 0 aromatic carbocycles. The molecule has 5 nitrogen and oxygen atoms in total. The highest BCUT2D eigenvalue weighted by Gasteiger charge is 2.30. The maximum absolute atomic E-state index is 12.5. The van der Waals surface area contributed by atoms with Gasteiger partial charge in [-0.1, -0.05) is 0 Å². The van der Waals surface area contributed by atoms with Gasteiger partial charge in [-0.3, -0.25) is 9.89 Å². The zero-order valence-electron chi connectivity index (χ0n) is 10.6. The second kappa shape index (κ2) is 3.98. The zero-order chi connectivity index (χ0) is 12.8. The molecule has 1 saturated carbocycles. The smallest absolute Gasteiger partial charge is 0.294 e. The summed E-state index contributed by atoms with van der Waals surface area (Å²) >= 11 is 0. The SMILES string of the molecule is O=C(c1ccc(C2CC2)o1)N1CCCc2[nH]ncc21. The van der Waals surface area contributed by atoms with Gasteiger partial charge in [-0.25, -0.2) is 0 Å². The molecular formula is C14H15N3O2. The van der Waals surface area contributed by atoms with E-state index in [1.54, 1.807) is 17.2 Å². The van der Waals surface area contributed by atoms with Gasteiger partial charge in [0.05, 0.1) is 17.6 Å². The molecule has 1 aliphatic carbocycles. The van der Waals surface area contributed by atoms with Gasteiger partial charge in [-0.05, 0) is 37.8 Å². The van der Waals surface area contributed by atoms with Crippen LogP contribution in [0.2, 0.25) is 0 Å². The highest BCUT2D eigenvalue weighted by atomic mass is 16.4. The molecule has 5 heteroatoms. The van der Waals surface area contributed by atoms with Crippen LogP contribution in [0.4, 0.5) is 5.69 Å². The van der Waals surface area contributed by atoms with Crippen molar-refractivity contribution in [3.8, 4) is 0 Å². The molecule has 1 fully saturated rings. The Morgan fingerprint density at radius 3 is 3.16 bits per heavy atom. The second-order valence-corrected chi connectivity index (χ2v) is 5.27. The molecule has 0 radical (unpaired) electrons. The standard InChI is InChI=1S/C14H15N3O2/c18-14(13-6-5-12(19-13)9-3-4-9)17-7-1-2-10-11(17)8-15-16-10/h5-6,8-9H,1-4,7H2,(H,15,16). The molecule has 3 heterocycles. The molecule has 0 bridgehead atoms. The molecule has 1 amide bonds. The largest absolute Gasteiger partial charge is 0.456 e. The Kier molecular flexibility index (Phi) is 2.27. The van der Waals surface area contributed by atoms with Crippen molar-refractivity contribution in [1.82, 2.24) is 10.2 Å². The molecular weight excluding hydrogens is 242 g/mol. The number of hydrogen-bond acceptors (Lipinski definition) is 3. The van der Waals surface area contributed by atoms with E-state index in [2.05, 4.69) is 10.2 Å². The lowest BCUT2D eigenvalue weighted by atomic mass is 10.1. The van der Waals surface area contributed by atoms with E-state index in [0.29, 0.717) is 11.7 Å². The van der Waals surface area contributed by atoms with Crippen LogP contribution in [0.1, 0.15) is 47.2 Å². The fourth-order valence-corrected chi connectivity index (χ4v) is 2.66. The van der Waals surface area contributed by atoms with Crippen molar-refractivity contribution in [3.63, 3.8) is 0 Å². The van der Waals surface area contributed by atoms with Crippen LogP contribution in [0.5, 0.6) is 0 Å². The first-order chi connectivity index (χ1) is 9.33. The summed E-state index contributed by atoms with van der Waals surface area (Å²) in [5, 5.41) is 6.98. The van der Waals surface area contributed by atoms with E-state index in [-0.39, 0.29) is 5.91 Å². The third-order valence-electron chi connectivity index (χ3n) is 3.86. The Morgan fingerprint density at radius 2 is 2.32 bits per heavy atom. The van der Waals surface area contributed by atoms with Crippen molar-refractivity contribution < 1.29 is 9.21 Å². The van der Waals surface area contributed by atoms with Crippen molar-refractivity contribution in [3.05, 3.63) is 35.5 Å². The zero-order valence-corrected chi connectivity index (χ0v) is 10.6. The minimum atomic E-state index is -0.0609. The predicted molar refractivity (Wildman–Crippen MR) is 69.3 cm³/mol. The molecule has 19 heavy (non-hydrogen) atoms. The molecule has 4 rings (SSSR count). The van der Waals surface area contributed by atoms with Gasteiger partial charge in [0, 0.05) is 12.5 Å². The number of amides is 1. The third-order valence-corrected chi connectivity index (χ3v) is 3.86. The number of aromatic amines is 1. The molecule has 2 aromatic rings. The summed E-state index contributed by atoms with van der Waals surface area (Å²) in [6, 6.07) is 3.73. The van der Waals surface area contributed by atoms with E-state index in [4.69, 9.17) is 4.42 Å². The third kappa shape index (κ3) is 1.77. The lowest BCUT2D eigenvalue weighted by Gasteiger charge is -2.25. The van der Waals surface area contributed by atoms with Gasteiger partial charge in [0.1, 0.15) is 5.76 Å². The lowest BCUT2D eigenvalue weighted by molar-refractivity contribution is 0.0956. The van der Waals surface area contributed by atoms with Crippen LogP contribution >= 0.6 is 0 Å². The van der Waals surface area contributed by atoms with E-state index in [1.807, 2.05) is 6.07 Å². The Bertz CT molecular complexity index is 624. The number of nitrogens with zero attached hydrogens (tertiary/aromatic N) is 2. The Hall–Kier alpha value is -2.04. The predicted octanol–water partition coefficient (Wildman–Crippen LogP) is 2.47. The van der Waals surface area contributed by atoms with Crippen LogP contribution in [-0.2, 0) is 6.42 Å². The normalized spacial score (nSPS) is 18.4. The first-order valence-electron chi connectivity index (χ1n) is 6.77. The molecule has 2 aromatic heterocycles. The maximum Gasteiger partial charge on any atom is 0.294 e. The highest BCUT2D eigenvalue weighted by Crippen LogP contribution is 2.41. The molecule has 1 aliphatic heterocycles. The average Bonchev–Trinajstić information content (AvgIpc) is 2.99. The van der Waals surface area contributed by atoms with Crippen LogP contribution < -0.4 is 4.90 Å². The van der Waals surface area contributed by atoms with E-state index in [9.17, 15) is 4.79 Å². The first kappa shape index (κ1) is 10.8. The minimum Gasteiger partial charge on any atom is -0.456 e. The number of rotatable bonds is 2. The van der Waals surface area contributed by atoms with Crippen molar-refractivity contribution in [2.45, 2.75) is 31.6 Å². The number of nitrogens with one attached hydrogen (secondary N) is 1. The van der Waals surface area contributed by atoms with Crippen molar-refractivity contribution in [2.24, 2.45) is 0 Å².